The summed E-state index contributed by atoms with van der Waals surface area (Å²) in [7, 11) is 0. The molecular weight excluding hydrogens is 414 g/mol. The van der Waals surface area contributed by atoms with Crippen molar-refractivity contribution in [1.82, 2.24) is 4.90 Å². The van der Waals surface area contributed by atoms with Crippen molar-refractivity contribution in [1.29, 1.82) is 0 Å². The van der Waals surface area contributed by atoms with E-state index in [0.717, 1.165) is 25.0 Å². The van der Waals surface area contributed by atoms with Crippen LogP contribution in [0, 0.1) is 22.7 Å². The molecule has 4 bridgehead atoms. The van der Waals surface area contributed by atoms with Crippen molar-refractivity contribution in [3.63, 3.8) is 0 Å². The first-order valence-corrected chi connectivity index (χ1v) is 12.3. The van der Waals surface area contributed by atoms with Crippen molar-refractivity contribution in [3.8, 4) is 5.75 Å². The molecule has 2 aliphatic heterocycles. The van der Waals surface area contributed by atoms with Crippen molar-refractivity contribution in [3.05, 3.63) is 54.1 Å². The van der Waals surface area contributed by atoms with E-state index in [1.54, 1.807) is 6.08 Å². The summed E-state index contributed by atoms with van der Waals surface area (Å²) in [5, 5.41) is 11.9. The zero-order valence-corrected chi connectivity index (χ0v) is 20.1. The van der Waals surface area contributed by atoms with E-state index >= 15 is 0 Å². The van der Waals surface area contributed by atoms with Crippen LogP contribution in [0.2, 0.25) is 0 Å². The summed E-state index contributed by atoms with van der Waals surface area (Å²) in [6.07, 6.45) is 8.53. The Morgan fingerprint density at radius 3 is 2.88 bits per heavy atom. The second-order valence-corrected chi connectivity index (χ2v) is 12.0. The lowest BCUT2D eigenvalue weighted by atomic mass is 9.36. The Morgan fingerprint density at radius 2 is 2.15 bits per heavy atom. The molecule has 0 radical (unpaired) electrons. The average Bonchev–Trinajstić information content (AvgIpc) is 3.12. The molecule has 4 unspecified atom stereocenters. The van der Waals surface area contributed by atoms with Gasteiger partial charge >= 0.3 is 6.09 Å². The summed E-state index contributed by atoms with van der Waals surface area (Å²) < 4.78 is 12.3. The van der Waals surface area contributed by atoms with E-state index < -0.39 is 5.60 Å². The summed E-state index contributed by atoms with van der Waals surface area (Å²) in [6.45, 7) is 12.9. The van der Waals surface area contributed by atoms with Gasteiger partial charge in [0, 0.05) is 34.9 Å². The molecule has 7 rings (SSSR count). The summed E-state index contributed by atoms with van der Waals surface area (Å²) in [4.78, 5) is 15.2. The van der Waals surface area contributed by atoms with Gasteiger partial charge in [-0.3, -0.25) is 0 Å². The minimum Gasteiger partial charge on any atom is -0.489 e. The third-order valence-corrected chi connectivity index (χ3v) is 10.0. The first kappa shape index (κ1) is 21.3. The highest BCUT2D eigenvalue weighted by atomic mass is 16.6. The molecule has 1 aromatic carbocycles. The maximum Gasteiger partial charge on any atom is 0.410 e. The molecule has 7 atom stereocenters. The Hall–Kier alpha value is -2.27. The SMILES string of the molecule is C=CCOC(=O)N1CC[C@]23c4c5cccc4O[C@H]2C2C=CC3(CC2C(C)(O)C(C)(C)C)[C@H]1C5. The third-order valence-electron chi connectivity index (χ3n) is 10.0. The highest BCUT2D eigenvalue weighted by molar-refractivity contribution is 5.71. The molecule has 176 valence electrons. The van der Waals surface area contributed by atoms with Gasteiger partial charge in [-0.1, -0.05) is 57.7 Å². The van der Waals surface area contributed by atoms with Gasteiger partial charge in [0.25, 0.3) is 0 Å². The Balaban J connectivity index is 1.54. The number of nitrogens with zero attached hydrogens (tertiary/aromatic N) is 1. The monoisotopic (exact) mass is 449 g/mol. The van der Waals surface area contributed by atoms with Crippen molar-refractivity contribution >= 4 is 6.09 Å². The van der Waals surface area contributed by atoms with Gasteiger partial charge < -0.3 is 19.5 Å². The number of hydrogen-bond acceptors (Lipinski definition) is 4. The van der Waals surface area contributed by atoms with Gasteiger partial charge in [-0.05, 0) is 49.1 Å². The summed E-state index contributed by atoms with van der Waals surface area (Å²) in [5.74, 6) is 1.19. The van der Waals surface area contributed by atoms with Gasteiger partial charge in [-0.15, -0.1) is 0 Å². The van der Waals surface area contributed by atoms with Gasteiger partial charge in [-0.2, -0.15) is 0 Å². The van der Waals surface area contributed by atoms with Gasteiger partial charge in [0.2, 0.25) is 0 Å². The van der Waals surface area contributed by atoms with Crippen LogP contribution < -0.4 is 4.74 Å². The van der Waals surface area contributed by atoms with E-state index in [-0.39, 0.29) is 52.9 Å². The number of rotatable bonds is 3. The first-order valence-electron chi connectivity index (χ1n) is 12.3. The van der Waals surface area contributed by atoms with Crippen LogP contribution in [0.3, 0.4) is 0 Å². The molecule has 2 spiro atoms. The number of fused-ring (bicyclic) bond motifs is 1. The van der Waals surface area contributed by atoms with Crippen molar-refractivity contribution in [2.75, 3.05) is 13.2 Å². The van der Waals surface area contributed by atoms with E-state index in [9.17, 15) is 9.90 Å². The lowest BCUT2D eigenvalue weighted by Crippen LogP contribution is -2.76. The van der Waals surface area contributed by atoms with Crippen LogP contribution >= 0.6 is 0 Å². The lowest BCUT2D eigenvalue weighted by Gasteiger charge is -2.70. The molecule has 1 saturated carbocycles. The fourth-order valence-electron chi connectivity index (χ4n) is 8.10. The standard InChI is InChI=1S/C28H35NO4/c1-6-14-32-24(30)29-13-12-28-22-17-8-7-9-20(22)33-23(28)18-10-11-27(28,21(29)15-17)16-19(18)26(5,31)25(2,3)4/h6-11,18-19,21,23,31H,1,12-16H2,2-5H3/t18?,19?,21-,23+,26?,27?,28+/m1/s1. The zero-order valence-electron chi connectivity index (χ0n) is 20.1. The number of benzene rings is 1. The molecule has 1 aromatic rings. The molecule has 1 amide bonds. The number of likely N-dealkylation sites (tertiary alicyclic amines) is 1. The number of carbonyl (C=O) groups excluding carboxylic acids is 1. The van der Waals surface area contributed by atoms with Crippen LogP contribution in [0.4, 0.5) is 4.79 Å². The molecule has 4 aliphatic carbocycles. The molecule has 1 saturated heterocycles. The van der Waals surface area contributed by atoms with E-state index in [2.05, 4.69) is 57.7 Å². The van der Waals surface area contributed by atoms with E-state index in [1.807, 2.05) is 11.8 Å². The van der Waals surface area contributed by atoms with Crippen molar-refractivity contribution in [2.24, 2.45) is 22.7 Å². The number of hydrogen-bond donors (Lipinski definition) is 1. The van der Waals surface area contributed by atoms with Gasteiger partial charge in [-0.25, -0.2) is 4.79 Å². The lowest BCUT2D eigenvalue weighted by molar-refractivity contribution is -0.193. The molecule has 5 nitrogen and oxygen atoms in total. The fourth-order valence-corrected chi connectivity index (χ4v) is 8.10. The quantitative estimate of drug-likeness (QED) is 0.684. The summed E-state index contributed by atoms with van der Waals surface area (Å²) >= 11 is 0. The molecule has 0 aromatic heterocycles. The number of ether oxygens (including phenoxy) is 2. The number of carbonyl (C=O) groups is 1. The molecule has 2 heterocycles. The first-order chi connectivity index (χ1) is 15.6. The van der Waals surface area contributed by atoms with Gasteiger partial charge in [0.15, 0.2) is 0 Å². The van der Waals surface area contributed by atoms with E-state index in [1.165, 1.54) is 11.1 Å². The summed E-state index contributed by atoms with van der Waals surface area (Å²) in [5.41, 5.74) is 1.08. The minimum absolute atomic E-state index is 0.0135. The Morgan fingerprint density at radius 1 is 1.36 bits per heavy atom. The van der Waals surface area contributed by atoms with E-state index in [4.69, 9.17) is 9.47 Å². The smallest absolute Gasteiger partial charge is 0.410 e. The second-order valence-electron chi connectivity index (χ2n) is 12.0. The van der Waals surface area contributed by atoms with Crippen LogP contribution in [0.25, 0.3) is 0 Å². The van der Waals surface area contributed by atoms with Crippen LogP contribution in [0.15, 0.2) is 43.0 Å². The largest absolute Gasteiger partial charge is 0.489 e. The molecule has 6 aliphatic rings. The van der Waals surface area contributed by atoms with Gasteiger partial charge in [0.1, 0.15) is 18.5 Å². The maximum atomic E-state index is 13.2. The minimum atomic E-state index is -0.877. The Bertz CT molecular complexity index is 1070. The molecule has 2 fully saturated rings. The van der Waals surface area contributed by atoms with E-state index in [0.29, 0.717) is 6.54 Å². The predicted octanol–water partition coefficient (Wildman–Crippen LogP) is 4.63. The zero-order chi connectivity index (χ0) is 23.4. The molecule has 33 heavy (non-hydrogen) atoms. The number of amides is 1. The molecule has 1 N–H and O–H groups in total. The van der Waals surface area contributed by atoms with Crippen LogP contribution in [-0.4, -0.2) is 47.0 Å². The molecular formula is C28H35NO4. The Labute approximate surface area is 196 Å². The normalized spacial score (nSPS) is 38.9. The van der Waals surface area contributed by atoms with Crippen LogP contribution in [-0.2, 0) is 16.6 Å². The molecule has 5 heteroatoms. The highest BCUT2D eigenvalue weighted by Crippen LogP contribution is 2.73. The third kappa shape index (κ3) is 2.35. The average molecular weight is 450 g/mol. The van der Waals surface area contributed by atoms with Gasteiger partial charge in [0.05, 0.1) is 5.60 Å². The maximum absolute atomic E-state index is 13.2. The number of aliphatic hydroxyl groups is 1. The highest BCUT2D eigenvalue weighted by Gasteiger charge is 2.76. The second kappa shape index (κ2) is 6.44. The number of piperidine rings is 1. The van der Waals surface area contributed by atoms with Crippen LogP contribution in [0.5, 0.6) is 5.75 Å². The Kier molecular flexibility index (Phi) is 4.15. The summed E-state index contributed by atoms with van der Waals surface area (Å²) in [6, 6.07) is 6.38. The van der Waals surface area contributed by atoms with Crippen molar-refractivity contribution in [2.45, 2.75) is 70.1 Å². The predicted molar refractivity (Wildman–Crippen MR) is 126 cm³/mol. The van der Waals surface area contributed by atoms with Crippen molar-refractivity contribution < 1.29 is 19.4 Å². The van der Waals surface area contributed by atoms with Crippen LogP contribution in [0.1, 0.15) is 51.7 Å². The fraction of sp³-hybridized carbons (Fsp3) is 0.607. The topological polar surface area (TPSA) is 59.0 Å².